The molecule has 2 rings (SSSR count). The highest BCUT2D eigenvalue weighted by atomic mass is 32.2. The van der Waals surface area contributed by atoms with Crippen LogP contribution >= 0.6 is 0 Å². The van der Waals surface area contributed by atoms with Crippen LogP contribution in [0.4, 0.5) is 11.4 Å². The predicted octanol–water partition coefficient (Wildman–Crippen LogP) is 3.11. The average molecular weight is 376 g/mol. The van der Waals surface area contributed by atoms with Gasteiger partial charge in [-0.2, -0.15) is 0 Å². The molecule has 0 heterocycles. The van der Waals surface area contributed by atoms with Crippen LogP contribution in [-0.4, -0.2) is 34.2 Å². The van der Waals surface area contributed by atoms with Gasteiger partial charge < -0.3 is 10.1 Å². The molecule has 0 unspecified atom stereocenters. The Kier molecular flexibility index (Phi) is 6.26. The summed E-state index contributed by atoms with van der Waals surface area (Å²) in [6.07, 6.45) is 1.17. The lowest BCUT2D eigenvalue weighted by atomic mass is 10.1. The number of hydrogen-bond acceptors (Lipinski definition) is 4. The number of hydrogen-bond donors (Lipinski definition) is 1. The minimum Gasteiger partial charge on any atom is -0.495 e. The van der Waals surface area contributed by atoms with Crippen LogP contribution < -0.4 is 14.4 Å². The van der Waals surface area contributed by atoms with Gasteiger partial charge in [0.2, 0.25) is 15.9 Å². The van der Waals surface area contributed by atoms with Gasteiger partial charge in [-0.3, -0.25) is 9.10 Å². The van der Waals surface area contributed by atoms with E-state index in [1.165, 1.54) is 11.4 Å². The Morgan fingerprint density at radius 1 is 1.15 bits per heavy atom. The fourth-order valence-electron chi connectivity index (χ4n) is 2.62. The van der Waals surface area contributed by atoms with Crippen molar-refractivity contribution in [2.45, 2.75) is 20.3 Å². The van der Waals surface area contributed by atoms with E-state index < -0.39 is 10.0 Å². The Morgan fingerprint density at radius 2 is 1.85 bits per heavy atom. The zero-order chi connectivity index (χ0) is 19.3. The fourth-order valence-corrected chi connectivity index (χ4v) is 3.59. The van der Waals surface area contributed by atoms with Crippen LogP contribution in [0.1, 0.15) is 17.5 Å². The summed E-state index contributed by atoms with van der Waals surface area (Å²) in [5, 5.41) is 2.76. The van der Waals surface area contributed by atoms with Crippen LogP contribution in [0.5, 0.6) is 5.75 Å². The molecular weight excluding hydrogens is 352 g/mol. The van der Waals surface area contributed by atoms with Crippen LogP contribution in [0.2, 0.25) is 0 Å². The van der Waals surface area contributed by atoms with Crippen molar-refractivity contribution in [2.24, 2.45) is 0 Å². The third-order valence-corrected chi connectivity index (χ3v) is 5.14. The van der Waals surface area contributed by atoms with Crippen LogP contribution in [0.25, 0.3) is 0 Å². The molecule has 0 aliphatic heterocycles. The van der Waals surface area contributed by atoms with Crippen molar-refractivity contribution in [2.75, 3.05) is 29.5 Å². The maximum Gasteiger partial charge on any atom is 0.232 e. The summed E-state index contributed by atoms with van der Waals surface area (Å²) in [4.78, 5) is 12.3. The molecule has 0 saturated carbocycles. The molecule has 0 aliphatic rings. The lowest BCUT2D eigenvalue weighted by molar-refractivity contribution is -0.116. The maximum atomic E-state index is 12.3. The first-order valence-corrected chi connectivity index (χ1v) is 10.0. The number of carbonyl (C=O) groups excluding carboxylic acids is 1. The van der Waals surface area contributed by atoms with Crippen molar-refractivity contribution >= 4 is 27.3 Å². The van der Waals surface area contributed by atoms with E-state index in [4.69, 9.17) is 4.74 Å². The van der Waals surface area contributed by atoms with Gasteiger partial charge in [0.15, 0.2) is 0 Å². The van der Waals surface area contributed by atoms with Gasteiger partial charge in [-0.1, -0.05) is 24.3 Å². The molecule has 0 radical (unpaired) electrons. The lowest BCUT2D eigenvalue weighted by Gasteiger charge is -2.24. The Bertz CT molecular complexity index is 894. The van der Waals surface area contributed by atoms with Crippen LogP contribution in [0, 0.1) is 13.8 Å². The van der Waals surface area contributed by atoms with Gasteiger partial charge in [-0.25, -0.2) is 8.42 Å². The highest BCUT2D eigenvalue weighted by Crippen LogP contribution is 2.25. The van der Waals surface area contributed by atoms with Crippen molar-refractivity contribution in [1.82, 2.24) is 0 Å². The van der Waals surface area contributed by atoms with Crippen LogP contribution in [0.15, 0.2) is 42.5 Å². The minimum atomic E-state index is -3.51. The van der Waals surface area contributed by atoms with Gasteiger partial charge in [-0.05, 0) is 43.2 Å². The maximum absolute atomic E-state index is 12.3. The van der Waals surface area contributed by atoms with Crippen LogP contribution in [-0.2, 0) is 14.8 Å². The molecule has 0 aliphatic carbocycles. The molecule has 0 saturated heterocycles. The van der Waals surface area contributed by atoms with E-state index in [2.05, 4.69) is 5.32 Å². The molecule has 6 nitrogen and oxygen atoms in total. The summed E-state index contributed by atoms with van der Waals surface area (Å²) < 4.78 is 31.0. The zero-order valence-electron chi connectivity index (χ0n) is 15.4. The van der Waals surface area contributed by atoms with Gasteiger partial charge in [0.1, 0.15) is 5.75 Å². The molecule has 1 N–H and O–H groups in total. The minimum absolute atomic E-state index is 0.0263. The van der Waals surface area contributed by atoms with Gasteiger partial charge in [0, 0.05) is 13.0 Å². The number of methoxy groups -OCH3 is 1. The first-order valence-electron chi connectivity index (χ1n) is 8.20. The van der Waals surface area contributed by atoms with Crippen molar-refractivity contribution in [3.8, 4) is 5.75 Å². The molecule has 26 heavy (non-hydrogen) atoms. The summed E-state index contributed by atoms with van der Waals surface area (Å²) in [6.45, 7) is 3.81. The molecule has 0 aromatic heterocycles. The number of aryl methyl sites for hydroxylation is 2. The van der Waals surface area contributed by atoms with E-state index in [1.54, 1.807) is 24.3 Å². The quantitative estimate of drug-likeness (QED) is 0.806. The monoisotopic (exact) mass is 376 g/mol. The summed E-state index contributed by atoms with van der Waals surface area (Å²) in [5.41, 5.74) is 2.94. The Balaban J connectivity index is 2.15. The number of benzene rings is 2. The lowest BCUT2D eigenvalue weighted by Crippen LogP contribution is -2.33. The number of para-hydroxylation sites is 2. The second kappa shape index (κ2) is 8.23. The van der Waals surface area contributed by atoms with Crippen molar-refractivity contribution in [1.29, 1.82) is 0 Å². The average Bonchev–Trinajstić information content (AvgIpc) is 2.57. The molecule has 0 spiro atoms. The van der Waals surface area contributed by atoms with E-state index >= 15 is 0 Å². The highest BCUT2D eigenvalue weighted by Gasteiger charge is 2.20. The molecule has 0 bridgehead atoms. The topological polar surface area (TPSA) is 75.7 Å². The fraction of sp³-hybridized carbons (Fsp3) is 0.316. The number of amides is 1. The third-order valence-electron chi connectivity index (χ3n) is 3.96. The number of rotatable bonds is 7. The Hall–Kier alpha value is -2.54. The molecule has 0 atom stereocenters. The Morgan fingerprint density at radius 3 is 2.50 bits per heavy atom. The van der Waals surface area contributed by atoms with Crippen molar-refractivity contribution in [3.63, 3.8) is 0 Å². The standard InChI is InChI=1S/C19H24N2O4S/c1-14-9-10-15(2)17(13-14)21(26(4,23)24)12-11-19(22)20-16-7-5-6-8-18(16)25-3/h5-10,13H,11-12H2,1-4H3,(H,20,22). The second-order valence-electron chi connectivity index (χ2n) is 6.12. The zero-order valence-corrected chi connectivity index (χ0v) is 16.3. The van der Waals surface area contributed by atoms with Gasteiger partial charge >= 0.3 is 0 Å². The normalized spacial score (nSPS) is 11.1. The molecule has 0 fully saturated rings. The molecular formula is C19H24N2O4S. The number of anilines is 2. The predicted molar refractivity (Wildman–Crippen MR) is 104 cm³/mol. The first kappa shape index (κ1) is 19.8. The molecule has 140 valence electrons. The van der Waals surface area contributed by atoms with Gasteiger partial charge in [-0.15, -0.1) is 0 Å². The number of nitrogens with zero attached hydrogens (tertiary/aromatic N) is 1. The summed E-state index contributed by atoms with van der Waals surface area (Å²) in [6, 6.07) is 12.7. The van der Waals surface area contributed by atoms with E-state index in [1.807, 2.05) is 32.0 Å². The van der Waals surface area contributed by atoms with E-state index in [0.717, 1.165) is 17.4 Å². The third kappa shape index (κ3) is 4.98. The van der Waals surface area contributed by atoms with E-state index in [0.29, 0.717) is 17.1 Å². The highest BCUT2D eigenvalue weighted by molar-refractivity contribution is 7.92. The van der Waals surface area contributed by atoms with E-state index in [9.17, 15) is 13.2 Å². The van der Waals surface area contributed by atoms with Gasteiger partial charge in [0.25, 0.3) is 0 Å². The van der Waals surface area contributed by atoms with E-state index in [-0.39, 0.29) is 18.9 Å². The summed E-state index contributed by atoms with van der Waals surface area (Å²) in [5.74, 6) is 0.267. The van der Waals surface area contributed by atoms with Crippen molar-refractivity contribution < 1.29 is 17.9 Å². The summed E-state index contributed by atoms with van der Waals surface area (Å²) >= 11 is 0. The second-order valence-corrected chi connectivity index (χ2v) is 8.03. The van der Waals surface area contributed by atoms with Crippen molar-refractivity contribution in [3.05, 3.63) is 53.6 Å². The molecule has 1 amide bonds. The molecule has 7 heteroatoms. The number of carbonyl (C=O) groups is 1. The smallest absolute Gasteiger partial charge is 0.232 e. The van der Waals surface area contributed by atoms with Crippen LogP contribution in [0.3, 0.4) is 0 Å². The summed E-state index contributed by atoms with van der Waals surface area (Å²) in [7, 11) is -1.99. The SMILES string of the molecule is COc1ccccc1NC(=O)CCN(c1cc(C)ccc1C)S(C)(=O)=O. The number of ether oxygens (including phenoxy) is 1. The van der Waals surface area contributed by atoms with Gasteiger partial charge in [0.05, 0.1) is 24.7 Å². The largest absolute Gasteiger partial charge is 0.495 e. The number of nitrogens with one attached hydrogen (secondary N) is 1. The number of sulfonamides is 1. The molecule has 2 aromatic carbocycles. The first-order chi connectivity index (χ1) is 12.2. The Labute approximate surface area is 154 Å². The molecule has 2 aromatic rings.